The van der Waals surface area contributed by atoms with Gasteiger partial charge in [0.15, 0.2) is 0 Å². The molecular formula is C12H16N6O. The fourth-order valence-electron chi connectivity index (χ4n) is 1.55. The zero-order chi connectivity index (χ0) is 13.8. The molecule has 0 radical (unpaired) electrons. The van der Waals surface area contributed by atoms with Gasteiger partial charge in [-0.2, -0.15) is 5.21 Å². The molecule has 7 nitrogen and oxygen atoms in total. The number of H-pyrrole nitrogens is 1. The largest absolute Gasteiger partial charge is 0.325 e. The van der Waals surface area contributed by atoms with E-state index in [-0.39, 0.29) is 11.8 Å². The Morgan fingerprint density at radius 3 is 2.84 bits per heavy atom. The molecule has 1 aromatic carbocycles. The number of carbonyl (C=O) groups is 1. The van der Waals surface area contributed by atoms with E-state index >= 15 is 0 Å². The molecule has 0 fully saturated rings. The van der Waals surface area contributed by atoms with E-state index in [0.29, 0.717) is 11.5 Å². The summed E-state index contributed by atoms with van der Waals surface area (Å²) in [4.78, 5) is 11.9. The zero-order valence-corrected chi connectivity index (χ0v) is 10.8. The van der Waals surface area contributed by atoms with Gasteiger partial charge in [0.1, 0.15) is 0 Å². The van der Waals surface area contributed by atoms with E-state index in [1.54, 1.807) is 12.1 Å². The predicted molar refractivity (Wildman–Crippen MR) is 71.1 cm³/mol. The molecule has 0 aliphatic rings. The summed E-state index contributed by atoms with van der Waals surface area (Å²) < 4.78 is 0. The minimum Gasteiger partial charge on any atom is -0.325 e. The maximum absolute atomic E-state index is 11.9. The Morgan fingerprint density at radius 1 is 1.42 bits per heavy atom. The number of nitrogens with two attached hydrogens (primary N) is 1. The summed E-state index contributed by atoms with van der Waals surface area (Å²) in [5.74, 6) is 0.352. The number of hydrogen-bond donors (Lipinski definition) is 3. The number of anilines is 1. The van der Waals surface area contributed by atoms with Crippen molar-refractivity contribution in [2.45, 2.75) is 19.9 Å². The number of rotatable bonds is 4. The molecule has 1 atom stereocenters. The van der Waals surface area contributed by atoms with Crippen LogP contribution in [-0.2, 0) is 4.79 Å². The van der Waals surface area contributed by atoms with Gasteiger partial charge in [0.05, 0.1) is 6.04 Å². The number of aromatic nitrogens is 4. The minimum absolute atomic E-state index is 0.0837. The Bertz CT molecular complexity index is 551. The highest BCUT2D eigenvalue weighted by atomic mass is 16.2. The van der Waals surface area contributed by atoms with Crippen LogP contribution in [-0.4, -0.2) is 32.6 Å². The second-order valence-electron chi connectivity index (χ2n) is 4.58. The summed E-state index contributed by atoms with van der Waals surface area (Å²) in [5, 5.41) is 16.4. The fourth-order valence-corrected chi connectivity index (χ4v) is 1.55. The van der Waals surface area contributed by atoms with Crippen LogP contribution in [0.15, 0.2) is 24.3 Å². The van der Waals surface area contributed by atoms with Crippen LogP contribution in [0.4, 0.5) is 5.69 Å². The Balaban J connectivity index is 2.14. The fraction of sp³-hybridized carbons (Fsp3) is 0.333. The standard InChI is InChI=1S/C12H16N6O/c1-7(2)10(13)12(19)14-9-5-3-4-8(6-9)11-15-17-18-16-11/h3-7,10H,13H2,1-2H3,(H,14,19)(H,15,16,17,18). The van der Waals surface area contributed by atoms with E-state index in [1.165, 1.54) is 0 Å². The van der Waals surface area contributed by atoms with E-state index in [0.717, 1.165) is 5.56 Å². The molecule has 1 unspecified atom stereocenters. The first-order valence-corrected chi connectivity index (χ1v) is 5.98. The van der Waals surface area contributed by atoms with Crippen molar-refractivity contribution in [3.8, 4) is 11.4 Å². The van der Waals surface area contributed by atoms with Crippen LogP contribution in [0.1, 0.15) is 13.8 Å². The monoisotopic (exact) mass is 260 g/mol. The van der Waals surface area contributed by atoms with Crippen LogP contribution >= 0.6 is 0 Å². The number of hydrogen-bond acceptors (Lipinski definition) is 5. The summed E-state index contributed by atoms with van der Waals surface area (Å²) in [6.07, 6.45) is 0. The first kappa shape index (κ1) is 13.2. The van der Waals surface area contributed by atoms with E-state index in [1.807, 2.05) is 26.0 Å². The maximum atomic E-state index is 11.9. The van der Waals surface area contributed by atoms with Gasteiger partial charge in [0.25, 0.3) is 0 Å². The molecule has 2 aromatic rings. The number of benzene rings is 1. The molecule has 2 rings (SSSR count). The van der Waals surface area contributed by atoms with Gasteiger partial charge in [-0.3, -0.25) is 4.79 Å². The summed E-state index contributed by atoms with van der Waals surface area (Å²) in [7, 11) is 0. The predicted octanol–water partition coefficient (Wildman–Crippen LogP) is 0.788. The topological polar surface area (TPSA) is 110 Å². The number of nitrogens with zero attached hydrogens (tertiary/aromatic N) is 3. The molecule has 1 amide bonds. The van der Waals surface area contributed by atoms with Crippen molar-refractivity contribution >= 4 is 11.6 Å². The molecule has 0 aliphatic carbocycles. The van der Waals surface area contributed by atoms with Crippen molar-refractivity contribution in [1.29, 1.82) is 0 Å². The zero-order valence-electron chi connectivity index (χ0n) is 10.8. The Morgan fingerprint density at radius 2 is 2.21 bits per heavy atom. The van der Waals surface area contributed by atoms with Gasteiger partial charge < -0.3 is 11.1 Å². The third-order valence-electron chi connectivity index (χ3n) is 2.75. The van der Waals surface area contributed by atoms with Crippen molar-refractivity contribution in [3.63, 3.8) is 0 Å². The van der Waals surface area contributed by atoms with Gasteiger partial charge in [-0.05, 0) is 23.3 Å². The highest BCUT2D eigenvalue weighted by Gasteiger charge is 2.17. The van der Waals surface area contributed by atoms with Gasteiger partial charge in [-0.25, -0.2) is 0 Å². The molecule has 4 N–H and O–H groups in total. The first-order valence-electron chi connectivity index (χ1n) is 5.98. The van der Waals surface area contributed by atoms with Crippen LogP contribution in [0.25, 0.3) is 11.4 Å². The van der Waals surface area contributed by atoms with Crippen molar-refractivity contribution in [1.82, 2.24) is 20.6 Å². The lowest BCUT2D eigenvalue weighted by Crippen LogP contribution is -2.39. The lowest BCUT2D eigenvalue weighted by molar-refractivity contribution is -0.118. The minimum atomic E-state index is -0.533. The highest BCUT2D eigenvalue weighted by Crippen LogP contribution is 2.18. The normalized spacial score (nSPS) is 12.4. The van der Waals surface area contributed by atoms with Gasteiger partial charge in [-0.1, -0.05) is 26.0 Å². The summed E-state index contributed by atoms with van der Waals surface area (Å²) >= 11 is 0. The number of nitrogens with one attached hydrogen (secondary N) is 2. The second-order valence-corrected chi connectivity index (χ2v) is 4.58. The summed E-state index contributed by atoms with van der Waals surface area (Å²) in [5.41, 5.74) is 7.21. The molecule has 0 saturated heterocycles. The van der Waals surface area contributed by atoms with Crippen molar-refractivity contribution in [3.05, 3.63) is 24.3 Å². The van der Waals surface area contributed by atoms with Crippen LogP contribution < -0.4 is 11.1 Å². The quantitative estimate of drug-likeness (QED) is 0.752. The molecule has 100 valence electrons. The average Bonchev–Trinajstić information content (AvgIpc) is 2.91. The van der Waals surface area contributed by atoms with Crippen LogP contribution in [0.2, 0.25) is 0 Å². The first-order chi connectivity index (χ1) is 9.08. The number of carbonyl (C=O) groups excluding carboxylic acids is 1. The molecule has 19 heavy (non-hydrogen) atoms. The Hall–Kier alpha value is -2.28. The van der Waals surface area contributed by atoms with Gasteiger partial charge in [0, 0.05) is 11.3 Å². The number of tetrazole rings is 1. The van der Waals surface area contributed by atoms with Crippen molar-refractivity contribution in [2.24, 2.45) is 11.7 Å². The highest BCUT2D eigenvalue weighted by molar-refractivity contribution is 5.95. The molecule has 0 spiro atoms. The second kappa shape index (κ2) is 5.57. The molecule has 7 heteroatoms. The molecule has 0 bridgehead atoms. The third kappa shape index (κ3) is 3.14. The molecule has 0 saturated carbocycles. The average molecular weight is 260 g/mol. The molecule has 1 aromatic heterocycles. The van der Waals surface area contributed by atoms with Crippen LogP contribution in [0.5, 0.6) is 0 Å². The van der Waals surface area contributed by atoms with Gasteiger partial charge in [-0.15, -0.1) is 10.2 Å². The molecular weight excluding hydrogens is 244 g/mol. The van der Waals surface area contributed by atoms with Gasteiger partial charge >= 0.3 is 0 Å². The van der Waals surface area contributed by atoms with Gasteiger partial charge in [0.2, 0.25) is 11.7 Å². The smallest absolute Gasteiger partial charge is 0.241 e. The Kier molecular flexibility index (Phi) is 3.86. The van der Waals surface area contributed by atoms with E-state index in [2.05, 4.69) is 25.9 Å². The van der Waals surface area contributed by atoms with Crippen molar-refractivity contribution < 1.29 is 4.79 Å². The van der Waals surface area contributed by atoms with Crippen LogP contribution in [0.3, 0.4) is 0 Å². The maximum Gasteiger partial charge on any atom is 0.241 e. The summed E-state index contributed by atoms with van der Waals surface area (Å²) in [6.45, 7) is 3.81. The lowest BCUT2D eigenvalue weighted by atomic mass is 10.0. The summed E-state index contributed by atoms with van der Waals surface area (Å²) in [6, 6.07) is 6.67. The molecule has 0 aliphatic heterocycles. The third-order valence-corrected chi connectivity index (χ3v) is 2.75. The Labute approximate surface area is 110 Å². The SMILES string of the molecule is CC(C)C(N)C(=O)Nc1cccc(-c2nn[nH]n2)c1. The molecule has 1 heterocycles. The van der Waals surface area contributed by atoms with Crippen LogP contribution in [0, 0.1) is 5.92 Å². The number of amides is 1. The van der Waals surface area contributed by atoms with E-state index in [4.69, 9.17) is 5.73 Å². The lowest BCUT2D eigenvalue weighted by Gasteiger charge is -2.15. The van der Waals surface area contributed by atoms with E-state index < -0.39 is 6.04 Å². The number of aromatic amines is 1. The van der Waals surface area contributed by atoms with E-state index in [9.17, 15) is 4.79 Å². The van der Waals surface area contributed by atoms with Crippen molar-refractivity contribution in [2.75, 3.05) is 5.32 Å².